The number of halogens is 1. The third kappa shape index (κ3) is 3.83. The van der Waals surface area contributed by atoms with Crippen LogP contribution in [0.15, 0.2) is 36.4 Å². The van der Waals surface area contributed by atoms with Crippen LogP contribution < -0.4 is 10.1 Å². The summed E-state index contributed by atoms with van der Waals surface area (Å²) in [6, 6.07) is 9.12. The van der Waals surface area contributed by atoms with Gasteiger partial charge in [0.15, 0.2) is 0 Å². The van der Waals surface area contributed by atoms with Gasteiger partial charge in [0, 0.05) is 17.7 Å². The number of hydrogen-bond donors (Lipinski definition) is 1. The summed E-state index contributed by atoms with van der Waals surface area (Å²) in [6.07, 6.45) is 0. The molecule has 0 aromatic heterocycles. The number of nitro groups is 1. The number of rotatable bonds is 5. The average Bonchev–Trinajstić information content (AvgIpc) is 2.54. The molecule has 1 N–H and O–H groups in total. The van der Waals surface area contributed by atoms with E-state index in [0.717, 1.165) is 17.2 Å². The van der Waals surface area contributed by atoms with Crippen LogP contribution in [0.25, 0.3) is 0 Å². The van der Waals surface area contributed by atoms with Crippen molar-refractivity contribution in [1.29, 1.82) is 0 Å². The number of benzene rings is 2. The Hall–Kier alpha value is -2.60. The second kappa shape index (κ2) is 7.31. The van der Waals surface area contributed by atoms with Gasteiger partial charge >= 0.3 is 0 Å². The fourth-order valence-corrected chi connectivity index (χ4v) is 2.61. The van der Waals surface area contributed by atoms with Gasteiger partial charge < -0.3 is 10.1 Å². The van der Waals surface area contributed by atoms with Gasteiger partial charge in [-0.3, -0.25) is 14.9 Å². The van der Waals surface area contributed by atoms with E-state index in [1.165, 1.54) is 12.1 Å². The molecule has 0 unspecified atom stereocenters. The zero-order valence-corrected chi connectivity index (χ0v) is 14.3. The maximum Gasteiger partial charge on any atom is 0.270 e. The fourth-order valence-electron chi connectivity index (χ4n) is 2.35. The second-order valence-electron chi connectivity index (χ2n) is 5.36. The van der Waals surface area contributed by atoms with E-state index in [1.54, 1.807) is 7.11 Å². The van der Waals surface area contributed by atoms with Gasteiger partial charge in [-0.15, -0.1) is 0 Å². The van der Waals surface area contributed by atoms with Gasteiger partial charge in [-0.2, -0.15) is 0 Å². The van der Waals surface area contributed by atoms with Crippen LogP contribution in [0.2, 0.25) is 5.02 Å². The Labute approximate surface area is 144 Å². The van der Waals surface area contributed by atoms with Gasteiger partial charge in [-0.25, -0.2) is 0 Å². The predicted octanol–water partition coefficient (Wildman–Crippen LogP) is 4.06. The highest BCUT2D eigenvalue weighted by atomic mass is 35.5. The number of non-ortho nitro benzene ring substituents is 1. The van der Waals surface area contributed by atoms with Crippen molar-refractivity contribution in [3.8, 4) is 5.75 Å². The maximum atomic E-state index is 12.4. The van der Waals surface area contributed by atoms with E-state index in [-0.39, 0.29) is 22.3 Å². The van der Waals surface area contributed by atoms with E-state index in [4.69, 9.17) is 16.3 Å². The number of amides is 1. The predicted molar refractivity (Wildman–Crippen MR) is 91.7 cm³/mol. The summed E-state index contributed by atoms with van der Waals surface area (Å²) in [6.45, 7) is 3.78. The third-order valence-electron chi connectivity index (χ3n) is 3.61. The number of ether oxygens (including phenoxy) is 1. The molecule has 0 saturated carbocycles. The Balaban J connectivity index is 2.23. The number of aryl methyl sites for hydroxylation is 1. The summed E-state index contributed by atoms with van der Waals surface area (Å²) in [5.74, 6) is 0.258. The maximum absolute atomic E-state index is 12.4. The highest BCUT2D eigenvalue weighted by Gasteiger charge is 2.19. The molecule has 0 radical (unpaired) electrons. The highest BCUT2D eigenvalue weighted by Crippen LogP contribution is 2.27. The normalized spacial score (nSPS) is 11.7. The number of nitrogens with one attached hydrogen (secondary N) is 1. The Morgan fingerprint density at radius 2 is 2.00 bits per heavy atom. The van der Waals surface area contributed by atoms with Crippen LogP contribution in [0.4, 0.5) is 5.69 Å². The first kappa shape index (κ1) is 17.7. The van der Waals surface area contributed by atoms with Crippen molar-refractivity contribution in [1.82, 2.24) is 5.32 Å². The minimum absolute atomic E-state index is 0.0325. The van der Waals surface area contributed by atoms with Crippen LogP contribution in [0, 0.1) is 17.0 Å². The summed E-state index contributed by atoms with van der Waals surface area (Å²) in [7, 11) is 1.57. The van der Waals surface area contributed by atoms with Crippen molar-refractivity contribution in [2.45, 2.75) is 19.9 Å². The van der Waals surface area contributed by atoms with E-state index >= 15 is 0 Å². The summed E-state index contributed by atoms with van der Waals surface area (Å²) < 4.78 is 5.32. The van der Waals surface area contributed by atoms with Crippen LogP contribution in [0.3, 0.4) is 0 Å². The quantitative estimate of drug-likeness (QED) is 0.652. The molecule has 0 aliphatic heterocycles. The second-order valence-corrected chi connectivity index (χ2v) is 5.77. The first-order chi connectivity index (χ1) is 11.3. The topological polar surface area (TPSA) is 81.5 Å². The van der Waals surface area contributed by atoms with Crippen molar-refractivity contribution in [2.24, 2.45) is 0 Å². The molecule has 2 rings (SSSR count). The molecule has 2 aromatic carbocycles. The Bertz CT molecular complexity index is 792. The Kier molecular flexibility index (Phi) is 5.41. The standard InChI is InChI=1S/C17H17ClN2O4/c1-10-4-7-16(24-3)14(8-10)11(2)19-17(21)13-6-5-12(20(22)23)9-15(13)18/h4-9,11H,1-3H3,(H,19,21)/t11-/m1/s1. The molecule has 0 spiro atoms. The van der Waals surface area contributed by atoms with Crippen molar-refractivity contribution in [3.63, 3.8) is 0 Å². The monoisotopic (exact) mass is 348 g/mol. The Morgan fingerprint density at radius 3 is 2.58 bits per heavy atom. The van der Waals surface area contributed by atoms with Gasteiger partial charge in [0.05, 0.1) is 28.7 Å². The van der Waals surface area contributed by atoms with Gasteiger partial charge in [-0.05, 0) is 26.0 Å². The minimum atomic E-state index is -0.562. The molecular formula is C17H17ClN2O4. The van der Waals surface area contributed by atoms with E-state index in [9.17, 15) is 14.9 Å². The van der Waals surface area contributed by atoms with Crippen LogP contribution in [-0.4, -0.2) is 17.9 Å². The molecule has 0 saturated heterocycles. The number of carbonyl (C=O) groups is 1. The van der Waals surface area contributed by atoms with Crippen LogP contribution in [0.1, 0.15) is 34.5 Å². The molecule has 7 heteroatoms. The van der Waals surface area contributed by atoms with Gasteiger partial charge in [0.1, 0.15) is 5.75 Å². The lowest BCUT2D eigenvalue weighted by atomic mass is 10.0. The molecule has 0 aliphatic rings. The molecule has 0 bridgehead atoms. The van der Waals surface area contributed by atoms with Crippen molar-refractivity contribution in [2.75, 3.05) is 7.11 Å². The number of methoxy groups -OCH3 is 1. The number of hydrogen-bond acceptors (Lipinski definition) is 4. The van der Waals surface area contributed by atoms with Gasteiger partial charge in [0.25, 0.3) is 11.6 Å². The molecule has 1 atom stereocenters. The number of carbonyl (C=O) groups excluding carboxylic acids is 1. The first-order valence-electron chi connectivity index (χ1n) is 7.23. The minimum Gasteiger partial charge on any atom is -0.496 e. The van der Waals surface area contributed by atoms with E-state index < -0.39 is 10.8 Å². The molecule has 6 nitrogen and oxygen atoms in total. The smallest absolute Gasteiger partial charge is 0.270 e. The summed E-state index contributed by atoms with van der Waals surface area (Å²) in [5.41, 5.74) is 1.90. The zero-order valence-electron chi connectivity index (χ0n) is 13.5. The van der Waals surface area contributed by atoms with Crippen molar-refractivity contribution in [3.05, 3.63) is 68.2 Å². The molecule has 0 heterocycles. The lowest BCUT2D eigenvalue weighted by molar-refractivity contribution is -0.384. The lowest BCUT2D eigenvalue weighted by Gasteiger charge is -2.18. The molecule has 24 heavy (non-hydrogen) atoms. The van der Waals surface area contributed by atoms with Gasteiger partial charge in [-0.1, -0.05) is 29.3 Å². The number of nitrogens with zero attached hydrogens (tertiary/aromatic N) is 1. The van der Waals surface area contributed by atoms with E-state index in [1.807, 2.05) is 32.0 Å². The summed E-state index contributed by atoms with van der Waals surface area (Å²) in [5, 5.41) is 13.6. The highest BCUT2D eigenvalue weighted by molar-refractivity contribution is 6.34. The summed E-state index contributed by atoms with van der Waals surface area (Å²) >= 11 is 5.99. The van der Waals surface area contributed by atoms with Crippen LogP contribution >= 0.6 is 11.6 Å². The Morgan fingerprint density at radius 1 is 1.29 bits per heavy atom. The van der Waals surface area contributed by atoms with Gasteiger partial charge in [0.2, 0.25) is 0 Å². The largest absolute Gasteiger partial charge is 0.496 e. The first-order valence-corrected chi connectivity index (χ1v) is 7.60. The summed E-state index contributed by atoms with van der Waals surface area (Å²) in [4.78, 5) is 22.6. The molecule has 1 amide bonds. The SMILES string of the molecule is COc1ccc(C)cc1[C@@H](C)NC(=O)c1ccc([N+](=O)[O-])cc1Cl. The fraction of sp³-hybridized carbons (Fsp3) is 0.235. The van der Waals surface area contributed by atoms with Crippen molar-refractivity contribution < 1.29 is 14.5 Å². The number of nitro benzene ring substituents is 1. The lowest BCUT2D eigenvalue weighted by Crippen LogP contribution is -2.27. The molecular weight excluding hydrogens is 332 g/mol. The van der Waals surface area contributed by atoms with Crippen molar-refractivity contribution >= 4 is 23.2 Å². The third-order valence-corrected chi connectivity index (χ3v) is 3.92. The van der Waals surface area contributed by atoms with E-state index in [2.05, 4.69) is 5.32 Å². The molecule has 0 aliphatic carbocycles. The van der Waals surface area contributed by atoms with E-state index in [0.29, 0.717) is 5.75 Å². The molecule has 0 fully saturated rings. The average molecular weight is 349 g/mol. The molecule has 126 valence electrons. The molecule has 2 aromatic rings. The van der Waals surface area contributed by atoms with Crippen LogP contribution in [0.5, 0.6) is 5.75 Å². The zero-order chi connectivity index (χ0) is 17.9. The van der Waals surface area contributed by atoms with Crippen LogP contribution in [-0.2, 0) is 0 Å².